The van der Waals surface area contributed by atoms with Crippen LogP contribution in [0.2, 0.25) is 0 Å². The molecule has 0 aromatic heterocycles. The summed E-state index contributed by atoms with van der Waals surface area (Å²) in [7, 11) is 0. The Morgan fingerprint density at radius 2 is 2.29 bits per heavy atom. The van der Waals surface area contributed by atoms with Crippen LogP contribution >= 0.6 is 0 Å². The molecule has 1 aliphatic carbocycles. The Bertz CT molecular complexity index is 419. The van der Waals surface area contributed by atoms with Gasteiger partial charge in [0.1, 0.15) is 12.4 Å². The van der Waals surface area contributed by atoms with Gasteiger partial charge in [-0.1, -0.05) is 0 Å². The topological polar surface area (TPSA) is 64.3 Å². The summed E-state index contributed by atoms with van der Waals surface area (Å²) < 4.78 is 18.2. The van der Waals surface area contributed by atoms with Gasteiger partial charge in [0, 0.05) is 5.69 Å². The van der Waals surface area contributed by atoms with Crippen molar-refractivity contribution in [3.8, 4) is 0 Å². The van der Waals surface area contributed by atoms with Crippen molar-refractivity contribution in [2.24, 2.45) is 0 Å². The van der Waals surface area contributed by atoms with Crippen LogP contribution in [0.15, 0.2) is 18.2 Å². The number of carbonyl (C=O) groups is 1. The van der Waals surface area contributed by atoms with E-state index < -0.39 is 5.82 Å². The number of rotatable bonds is 4. The second-order valence-corrected chi connectivity index (χ2v) is 4.15. The molecular formula is C12H15FN2O2. The molecule has 1 aliphatic rings. The predicted molar refractivity (Wildman–Crippen MR) is 63.0 cm³/mol. The molecule has 4 nitrogen and oxygen atoms in total. The van der Waals surface area contributed by atoms with Crippen LogP contribution < -0.4 is 11.1 Å². The lowest BCUT2D eigenvalue weighted by molar-refractivity contribution is -0.124. The molecule has 17 heavy (non-hydrogen) atoms. The number of carbonyl (C=O) groups excluding carboxylic acids is 1. The third kappa shape index (κ3) is 3.17. The zero-order chi connectivity index (χ0) is 12.3. The summed E-state index contributed by atoms with van der Waals surface area (Å²) in [6.45, 7) is 0.0297. The number of nitrogens with one attached hydrogen (secondary N) is 1. The highest BCUT2D eigenvalue weighted by Crippen LogP contribution is 2.21. The minimum atomic E-state index is -0.492. The van der Waals surface area contributed by atoms with Gasteiger partial charge in [0.25, 0.3) is 0 Å². The molecule has 3 N–H and O–H groups in total. The van der Waals surface area contributed by atoms with E-state index in [-0.39, 0.29) is 24.3 Å². The van der Waals surface area contributed by atoms with Gasteiger partial charge in [0.05, 0.1) is 11.8 Å². The summed E-state index contributed by atoms with van der Waals surface area (Å²) in [4.78, 5) is 11.5. The first-order chi connectivity index (χ1) is 8.15. The normalized spacial score (nSPS) is 15.4. The number of hydrogen-bond donors (Lipinski definition) is 2. The molecule has 92 valence electrons. The lowest BCUT2D eigenvalue weighted by Gasteiger charge is -2.25. The highest BCUT2D eigenvalue weighted by Gasteiger charge is 2.18. The number of halogens is 1. The number of nitrogen functional groups attached to an aromatic ring is 1. The molecule has 1 aromatic carbocycles. The fourth-order valence-corrected chi connectivity index (χ4v) is 1.55. The number of anilines is 2. The van der Waals surface area contributed by atoms with E-state index in [1.165, 1.54) is 24.6 Å². The van der Waals surface area contributed by atoms with Crippen molar-refractivity contribution in [2.75, 3.05) is 17.7 Å². The lowest BCUT2D eigenvalue weighted by atomic mass is 9.96. The molecule has 1 fully saturated rings. The molecule has 2 rings (SSSR count). The molecule has 0 saturated heterocycles. The van der Waals surface area contributed by atoms with Crippen LogP contribution in [0.1, 0.15) is 19.3 Å². The van der Waals surface area contributed by atoms with Gasteiger partial charge in [-0.25, -0.2) is 4.39 Å². The molecule has 0 atom stereocenters. The van der Waals surface area contributed by atoms with Crippen molar-refractivity contribution in [3.63, 3.8) is 0 Å². The third-order valence-electron chi connectivity index (χ3n) is 2.78. The second-order valence-electron chi connectivity index (χ2n) is 4.15. The van der Waals surface area contributed by atoms with Crippen LogP contribution in [-0.2, 0) is 9.53 Å². The molecule has 0 radical (unpaired) electrons. The van der Waals surface area contributed by atoms with Crippen LogP contribution in [0.25, 0.3) is 0 Å². The summed E-state index contributed by atoms with van der Waals surface area (Å²) in [5, 5.41) is 2.60. The SMILES string of the molecule is Nc1cc(NC(=O)COC2CCC2)ccc1F. The van der Waals surface area contributed by atoms with E-state index in [1.54, 1.807) is 0 Å². The van der Waals surface area contributed by atoms with Gasteiger partial charge in [-0.2, -0.15) is 0 Å². The van der Waals surface area contributed by atoms with Gasteiger partial charge in [0.2, 0.25) is 5.91 Å². The number of amides is 1. The Balaban J connectivity index is 1.82. The highest BCUT2D eigenvalue weighted by molar-refractivity contribution is 5.92. The maximum absolute atomic E-state index is 12.9. The quantitative estimate of drug-likeness (QED) is 0.787. The van der Waals surface area contributed by atoms with E-state index in [4.69, 9.17) is 10.5 Å². The maximum atomic E-state index is 12.9. The van der Waals surface area contributed by atoms with Crippen LogP contribution in [0.5, 0.6) is 0 Å². The zero-order valence-corrected chi connectivity index (χ0v) is 9.41. The first-order valence-electron chi connectivity index (χ1n) is 5.61. The van der Waals surface area contributed by atoms with Crippen molar-refractivity contribution in [3.05, 3.63) is 24.0 Å². The molecular weight excluding hydrogens is 223 g/mol. The molecule has 0 spiro atoms. The van der Waals surface area contributed by atoms with Gasteiger partial charge < -0.3 is 15.8 Å². The third-order valence-corrected chi connectivity index (χ3v) is 2.78. The van der Waals surface area contributed by atoms with E-state index in [0.29, 0.717) is 5.69 Å². The second kappa shape index (κ2) is 5.14. The average molecular weight is 238 g/mol. The molecule has 1 saturated carbocycles. The molecule has 0 unspecified atom stereocenters. The van der Waals surface area contributed by atoms with E-state index in [0.717, 1.165) is 12.8 Å². The van der Waals surface area contributed by atoms with Crippen molar-refractivity contribution in [1.82, 2.24) is 0 Å². The summed E-state index contributed by atoms with van der Waals surface area (Å²) in [6, 6.07) is 4.07. The molecule has 1 amide bonds. The van der Waals surface area contributed by atoms with Crippen LogP contribution in [0, 0.1) is 5.82 Å². The van der Waals surface area contributed by atoms with Crippen LogP contribution in [-0.4, -0.2) is 18.6 Å². The fraction of sp³-hybridized carbons (Fsp3) is 0.417. The van der Waals surface area contributed by atoms with E-state index in [2.05, 4.69) is 5.32 Å². The number of benzene rings is 1. The minimum Gasteiger partial charge on any atom is -0.396 e. The first kappa shape index (κ1) is 11.9. The molecule has 0 aliphatic heterocycles. The fourth-order valence-electron chi connectivity index (χ4n) is 1.55. The standard InChI is InChI=1S/C12H15FN2O2/c13-10-5-4-8(6-11(10)14)15-12(16)7-17-9-2-1-3-9/h4-6,9H,1-3,7,14H2,(H,15,16). The molecule has 0 bridgehead atoms. The van der Waals surface area contributed by atoms with Crippen LogP contribution in [0.4, 0.5) is 15.8 Å². The Kier molecular flexibility index (Phi) is 3.58. The Morgan fingerprint density at radius 3 is 2.88 bits per heavy atom. The minimum absolute atomic E-state index is 0.0164. The van der Waals surface area contributed by atoms with Gasteiger partial charge >= 0.3 is 0 Å². The monoisotopic (exact) mass is 238 g/mol. The Labute approximate surface area is 98.9 Å². The van der Waals surface area contributed by atoms with Crippen molar-refractivity contribution >= 4 is 17.3 Å². The highest BCUT2D eigenvalue weighted by atomic mass is 19.1. The van der Waals surface area contributed by atoms with Gasteiger partial charge in [-0.3, -0.25) is 4.79 Å². The van der Waals surface area contributed by atoms with Crippen LogP contribution in [0.3, 0.4) is 0 Å². The van der Waals surface area contributed by atoms with Crippen molar-refractivity contribution < 1.29 is 13.9 Å². The molecule has 0 heterocycles. The van der Waals surface area contributed by atoms with Gasteiger partial charge in [0.15, 0.2) is 0 Å². The van der Waals surface area contributed by atoms with Crippen molar-refractivity contribution in [1.29, 1.82) is 0 Å². The summed E-state index contributed by atoms with van der Waals surface area (Å²) in [5.41, 5.74) is 5.89. The van der Waals surface area contributed by atoms with Gasteiger partial charge in [-0.15, -0.1) is 0 Å². The number of ether oxygens (including phenoxy) is 1. The molecule has 5 heteroatoms. The first-order valence-corrected chi connectivity index (χ1v) is 5.61. The maximum Gasteiger partial charge on any atom is 0.250 e. The smallest absolute Gasteiger partial charge is 0.250 e. The van der Waals surface area contributed by atoms with E-state index >= 15 is 0 Å². The zero-order valence-electron chi connectivity index (χ0n) is 9.41. The number of hydrogen-bond acceptors (Lipinski definition) is 3. The van der Waals surface area contributed by atoms with E-state index in [9.17, 15) is 9.18 Å². The van der Waals surface area contributed by atoms with Crippen molar-refractivity contribution in [2.45, 2.75) is 25.4 Å². The van der Waals surface area contributed by atoms with Gasteiger partial charge in [-0.05, 0) is 37.5 Å². The summed E-state index contributed by atoms with van der Waals surface area (Å²) >= 11 is 0. The molecule has 1 aromatic rings. The largest absolute Gasteiger partial charge is 0.396 e. The predicted octanol–water partition coefficient (Wildman–Crippen LogP) is 1.92. The summed E-state index contributed by atoms with van der Waals surface area (Å²) in [5.74, 6) is -0.739. The summed E-state index contributed by atoms with van der Waals surface area (Å²) in [6.07, 6.45) is 3.44. The Hall–Kier alpha value is -1.62. The average Bonchev–Trinajstić information content (AvgIpc) is 2.21. The number of nitrogens with two attached hydrogens (primary N) is 1. The Morgan fingerprint density at radius 1 is 1.53 bits per heavy atom. The van der Waals surface area contributed by atoms with E-state index in [1.807, 2.05) is 0 Å². The lowest BCUT2D eigenvalue weighted by Crippen LogP contribution is -2.27.